The number of piperidine rings is 1. The highest BCUT2D eigenvalue weighted by atomic mass is 35.5. The normalized spacial score (nSPS) is 15.0. The molecule has 0 unspecified atom stereocenters. The van der Waals surface area contributed by atoms with Crippen molar-refractivity contribution in [3.63, 3.8) is 0 Å². The summed E-state index contributed by atoms with van der Waals surface area (Å²) in [6, 6.07) is 4.02. The standard InChI is InChI=1S/C19H17ClFN5O2/c20-13-1-2-15(21)14(10-13)19(27)26-7-3-12(4-8-26)9-17-24-18(25-28-17)16-11-22-5-6-23-16/h1-2,5-6,10-12H,3-4,7-9H2. The predicted molar refractivity (Wildman–Crippen MR) is 99.1 cm³/mol. The van der Waals surface area contributed by atoms with Crippen LogP contribution >= 0.6 is 11.6 Å². The summed E-state index contributed by atoms with van der Waals surface area (Å²) < 4.78 is 19.3. The number of hydrogen-bond donors (Lipinski definition) is 0. The van der Waals surface area contributed by atoms with E-state index in [2.05, 4.69) is 20.1 Å². The maximum atomic E-state index is 13.9. The molecule has 7 nitrogen and oxygen atoms in total. The molecular weight excluding hydrogens is 385 g/mol. The van der Waals surface area contributed by atoms with Gasteiger partial charge >= 0.3 is 0 Å². The summed E-state index contributed by atoms with van der Waals surface area (Å²) in [5, 5.41) is 4.29. The van der Waals surface area contributed by atoms with Gasteiger partial charge in [0.1, 0.15) is 11.5 Å². The number of benzene rings is 1. The number of nitrogens with zero attached hydrogens (tertiary/aromatic N) is 5. The predicted octanol–water partition coefficient (Wildman–Crippen LogP) is 3.41. The van der Waals surface area contributed by atoms with Gasteiger partial charge in [0.05, 0.1) is 11.8 Å². The van der Waals surface area contributed by atoms with Gasteiger partial charge in [0.25, 0.3) is 5.91 Å². The van der Waals surface area contributed by atoms with Crippen molar-refractivity contribution < 1.29 is 13.7 Å². The molecule has 0 saturated carbocycles. The third-order valence-electron chi connectivity index (χ3n) is 4.78. The molecule has 0 atom stereocenters. The summed E-state index contributed by atoms with van der Waals surface area (Å²) >= 11 is 5.89. The first-order valence-electron chi connectivity index (χ1n) is 8.93. The van der Waals surface area contributed by atoms with E-state index in [0.29, 0.717) is 47.9 Å². The van der Waals surface area contributed by atoms with Gasteiger partial charge in [0, 0.05) is 36.9 Å². The minimum Gasteiger partial charge on any atom is -0.339 e. The summed E-state index contributed by atoms with van der Waals surface area (Å²) in [4.78, 5) is 26.7. The van der Waals surface area contributed by atoms with E-state index >= 15 is 0 Å². The average Bonchev–Trinajstić information content (AvgIpc) is 3.19. The highest BCUT2D eigenvalue weighted by molar-refractivity contribution is 6.31. The molecule has 0 bridgehead atoms. The zero-order chi connectivity index (χ0) is 19.5. The molecule has 1 fully saturated rings. The average molecular weight is 402 g/mol. The lowest BCUT2D eigenvalue weighted by atomic mass is 9.93. The van der Waals surface area contributed by atoms with Crippen LogP contribution in [0.15, 0.2) is 41.3 Å². The second-order valence-corrected chi connectivity index (χ2v) is 7.10. The van der Waals surface area contributed by atoms with E-state index in [0.717, 1.165) is 12.8 Å². The Morgan fingerprint density at radius 1 is 1.29 bits per heavy atom. The van der Waals surface area contributed by atoms with Crippen LogP contribution < -0.4 is 0 Å². The van der Waals surface area contributed by atoms with Crippen molar-refractivity contribution in [3.05, 3.63) is 59.1 Å². The van der Waals surface area contributed by atoms with Crippen molar-refractivity contribution in [1.82, 2.24) is 25.0 Å². The molecule has 144 valence electrons. The molecule has 0 aliphatic carbocycles. The molecule has 0 N–H and O–H groups in total. The van der Waals surface area contributed by atoms with Crippen molar-refractivity contribution in [2.24, 2.45) is 5.92 Å². The molecule has 3 aromatic rings. The molecule has 3 heterocycles. The number of hydrogen-bond acceptors (Lipinski definition) is 6. The topological polar surface area (TPSA) is 85.0 Å². The minimum atomic E-state index is -0.557. The zero-order valence-corrected chi connectivity index (χ0v) is 15.6. The molecular formula is C19H17ClFN5O2. The van der Waals surface area contributed by atoms with E-state index in [1.807, 2.05) is 0 Å². The number of halogens is 2. The van der Waals surface area contributed by atoms with Crippen molar-refractivity contribution in [2.45, 2.75) is 19.3 Å². The van der Waals surface area contributed by atoms with Gasteiger partial charge in [-0.25, -0.2) is 9.37 Å². The van der Waals surface area contributed by atoms with Crippen LogP contribution in [0.1, 0.15) is 29.1 Å². The molecule has 1 amide bonds. The van der Waals surface area contributed by atoms with Gasteiger partial charge in [-0.15, -0.1) is 0 Å². The Kier molecular flexibility index (Phi) is 5.29. The molecule has 0 spiro atoms. The number of carbonyl (C=O) groups is 1. The van der Waals surface area contributed by atoms with E-state index in [-0.39, 0.29) is 11.5 Å². The van der Waals surface area contributed by atoms with Crippen molar-refractivity contribution in [1.29, 1.82) is 0 Å². The summed E-state index contributed by atoms with van der Waals surface area (Å²) in [6.45, 7) is 1.08. The smallest absolute Gasteiger partial charge is 0.256 e. The molecule has 1 aliphatic rings. The minimum absolute atomic E-state index is 0.0106. The van der Waals surface area contributed by atoms with Crippen LogP contribution in [0.25, 0.3) is 11.5 Å². The first kappa shape index (κ1) is 18.5. The van der Waals surface area contributed by atoms with Crippen molar-refractivity contribution in [2.75, 3.05) is 13.1 Å². The maximum Gasteiger partial charge on any atom is 0.256 e. The van der Waals surface area contributed by atoms with Crippen LogP contribution in [0, 0.1) is 11.7 Å². The van der Waals surface area contributed by atoms with E-state index in [9.17, 15) is 9.18 Å². The Morgan fingerprint density at radius 3 is 2.86 bits per heavy atom. The van der Waals surface area contributed by atoms with Gasteiger partial charge in [0.2, 0.25) is 11.7 Å². The van der Waals surface area contributed by atoms with Crippen LogP contribution in [0.2, 0.25) is 5.02 Å². The molecule has 4 rings (SSSR count). The second kappa shape index (κ2) is 8.02. The largest absolute Gasteiger partial charge is 0.339 e. The van der Waals surface area contributed by atoms with Crippen molar-refractivity contribution >= 4 is 17.5 Å². The fourth-order valence-electron chi connectivity index (χ4n) is 3.28. The van der Waals surface area contributed by atoms with Gasteiger partial charge < -0.3 is 9.42 Å². The van der Waals surface area contributed by atoms with Crippen LogP contribution in [-0.4, -0.2) is 44.0 Å². The first-order valence-corrected chi connectivity index (χ1v) is 9.31. The lowest BCUT2D eigenvalue weighted by Gasteiger charge is -2.31. The number of carbonyl (C=O) groups excluding carboxylic acids is 1. The van der Waals surface area contributed by atoms with Crippen molar-refractivity contribution in [3.8, 4) is 11.5 Å². The summed E-state index contributed by atoms with van der Waals surface area (Å²) in [6.07, 6.45) is 6.90. The summed E-state index contributed by atoms with van der Waals surface area (Å²) in [5.74, 6) is 0.363. The summed E-state index contributed by atoms with van der Waals surface area (Å²) in [5.41, 5.74) is 0.568. The monoisotopic (exact) mass is 401 g/mol. The van der Waals surface area contributed by atoms with E-state index < -0.39 is 5.82 Å². The lowest BCUT2D eigenvalue weighted by molar-refractivity contribution is 0.0683. The number of likely N-dealkylation sites (tertiary alicyclic amines) is 1. The van der Waals surface area contributed by atoms with Crippen LogP contribution in [-0.2, 0) is 6.42 Å². The summed E-state index contributed by atoms with van der Waals surface area (Å²) in [7, 11) is 0. The first-order chi connectivity index (χ1) is 13.6. The van der Waals surface area contributed by atoms with E-state index in [1.54, 1.807) is 23.5 Å². The van der Waals surface area contributed by atoms with Gasteiger partial charge in [-0.05, 0) is 37.0 Å². The Bertz CT molecular complexity index is 973. The van der Waals surface area contributed by atoms with Gasteiger partial charge in [-0.1, -0.05) is 16.8 Å². The molecule has 2 aromatic heterocycles. The maximum absolute atomic E-state index is 13.9. The Morgan fingerprint density at radius 2 is 2.11 bits per heavy atom. The van der Waals surface area contributed by atoms with Gasteiger partial charge in [0.15, 0.2) is 0 Å². The molecule has 9 heteroatoms. The van der Waals surface area contributed by atoms with Gasteiger partial charge in [-0.3, -0.25) is 9.78 Å². The number of aromatic nitrogens is 4. The Hall–Kier alpha value is -2.87. The van der Waals surface area contributed by atoms with Crippen LogP contribution in [0.3, 0.4) is 0 Å². The zero-order valence-electron chi connectivity index (χ0n) is 14.9. The van der Waals surface area contributed by atoms with E-state index in [4.69, 9.17) is 16.1 Å². The Labute approximate surface area is 165 Å². The quantitative estimate of drug-likeness (QED) is 0.666. The van der Waals surface area contributed by atoms with Gasteiger partial charge in [-0.2, -0.15) is 4.98 Å². The molecule has 1 aromatic carbocycles. The highest BCUT2D eigenvalue weighted by Crippen LogP contribution is 2.24. The number of amides is 1. The lowest BCUT2D eigenvalue weighted by Crippen LogP contribution is -2.39. The fraction of sp³-hybridized carbons (Fsp3) is 0.316. The fourth-order valence-corrected chi connectivity index (χ4v) is 3.45. The molecule has 0 radical (unpaired) electrons. The second-order valence-electron chi connectivity index (χ2n) is 6.67. The SMILES string of the molecule is O=C(c1cc(Cl)ccc1F)N1CCC(Cc2nc(-c3cnccn3)no2)CC1. The molecule has 1 saturated heterocycles. The van der Waals surface area contributed by atoms with Crippen LogP contribution in [0.4, 0.5) is 4.39 Å². The van der Waals surface area contributed by atoms with Crippen LogP contribution in [0.5, 0.6) is 0 Å². The van der Waals surface area contributed by atoms with E-state index in [1.165, 1.54) is 18.2 Å². The number of rotatable bonds is 4. The highest BCUT2D eigenvalue weighted by Gasteiger charge is 2.27. The Balaban J connectivity index is 1.35. The molecule has 28 heavy (non-hydrogen) atoms. The third-order valence-corrected chi connectivity index (χ3v) is 5.02. The molecule has 1 aliphatic heterocycles. The third kappa shape index (κ3) is 4.01.